The third kappa shape index (κ3) is 3.17. The van der Waals surface area contributed by atoms with Crippen LogP contribution in [0.25, 0.3) is 0 Å². The van der Waals surface area contributed by atoms with E-state index in [0.717, 1.165) is 9.64 Å². The van der Waals surface area contributed by atoms with Crippen LogP contribution in [0.3, 0.4) is 0 Å². The smallest absolute Gasteiger partial charge is 0.332 e. The number of halogens is 1. The Balaban J connectivity index is 2.37. The Kier molecular flexibility index (Phi) is 3.91. The van der Waals surface area contributed by atoms with E-state index in [-0.39, 0.29) is 17.1 Å². The minimum Gasteiger partial charge on any atom is -0.434 e. The monoisotopic (exact) mass is 367 g/mol. The van der Waals surface area contributed by atoms with Crippen molar-refractivity contribution in [1.29, 1.82) is 5.26 Å². The van der Waals surface area contributed by atoms with E-state index in [1.165, 1.54) is 6.20 Å². The Morgan fingerprint density at radius 2 is 2.05 bits per heavy atom. The van der Waals surface area contributed by atoms with Crippen molar-refractivity contribution in [3.8, 4) is 17.7 Å². The predicted molar refractivity (Wildman–Crippen MR) is 74.8 cm³/mol. The Hall–Kier alpha value is -2.21. The van der Waals surface area contributed by atoms with E-state index >= 15 is 0 Å². The zero-order chi connectivity index (χ0) is 13.8. The van der Waals surface area contributed by atoms with Crippen LogP contribution in [0.1, 0.15) is 5.56 Å². The molecule has 0 bridgehead atoms. The third-order valence-electron chi connectivity index (χ3n) is 2.19. The predicted octanol–water partition coefficient (Wildman–Crippen LogP) is 3.26. The molecule has 19 heavy (non-hydrogen) atoms. The summed E-state index contributed by atoms with van der Waals surface area (Å²) in [7, 11) is 0. The first kappa shape index (κ1) is 13.2. The summed E-state index contributed by atoms with van der Waals surface area (Å²) < 4.78 is 6.38. The summed E-state index contributed by atoms with van der Waals surface area (Å²) in [5.41, 5.74) is -0.223. The minimum atomic E-state index is -0.629. The molecule has 94 valence electrons. The summed E-state index contributed by atoms with van der Waals surface area (Å²) in [5, 5.41) is 19.6. The molecule has 0 amide bonds. The van der Waals surface area contributed by atoms with E-state index in [1.807, 2.05) is 12.1 Å². The molecule has 0 N–H and O–H groups in total. The molecule has 7 heteroatoms. The van der Waals surface area contributed by atoms with E-state index in [9.17, 15) is 10.1 Å². The molecule has 0 radical (unpaired) electrons. The Morgan fingerprint density at radius 1 is 1.37 bits per heavy atom. The van der Waals surface area contributed by atoms with E-state index in [0.29, 0.717) is 5.75 Å². The Labute approximate surface area is 121 Å². The molecule has 6 nitrogen and oxygen atoms in total. The van der Waals surface area contributed by atoms with Gasteiger partial charge in [-0.3, -0.25) is 10.1 Å². The standard InChI is InChI=1S/C12H6IN3O3/c13-9-1-3-10(4-2-9)19-12-11(16(17)18)5-8(6-14)7-15-12/h1-5,7H. The van der Waals surface area contributed by atoms with Crippen LogP contribution in [0.4, 0.5) is 5.69 Å². The Bertz CT molecular complexity index is 665. The summed E-state index contributed by atoms with van der Waals surface area (Å²) in [5.74, 6) is 0.311. The molecule has 0 saturated heterocycles. The fourth-order valence-corrected chi connectivity index (χ4v) is 1.69. The normalized spacial score (nSPS) is 9.68. The molecule has 1 aromatic carbocycles. The lowest BCUT2D eigenvalue weighted by molar-refractivity contribution is -0.386. The summed E-state index contributed by atoms with van der Waals surface area (Å²) in [6, 6.07) is 9.92. The molecule has 0 aliphatic carbocycles. The number of ether oxygens (including phenoxy) is 1. The van der Waals surface area contributed by atoms with Gasteiger partial charge in [-0.1, -0.05) is 0 Å². The van der Waals surface area contributed by atoms with Gasteiger partial charge in [-0.2, -0.15) is 5.26 Å². The summed E-state index contributed by atoms with van der Waals surface area (Å²) in [6.07, 6.45) is 1.23. The number of hydrogen-bond donors (Lipinski definition) is 0. The minimum absolute atomic E-state index is 0.113. The number of nitro groups is 1. The molecule has 0 fully saturated rings. The zero-order valence-electron chi connectivity index (χ0n) is 9.41. The largest absolute Gasteiger partial charge is 0.434 e. The van der Waals surface area contributed by atoms with Crippen molar-refractivity contribution in [2.75, 3.05) is 0 Å². The summed E-state index contributed by atoms with van der Waals surface area (Å²) >= 11 is 2.14. The van der Waals surface area contributed by atoms with Crippen molar-refractivity contribution in [2.24, 2.45) is 0 Å². The zero-order valence-corrected chi connectivity index (χ0v) is 11.6. The second-order valence-corrected chi connectivity index (χ2v) is 4.72. The van der Waals surface area contributed by atoms with Crippen molar-refractivity contribution in [1.82, 2.24) is 4.98 Å². The third-order valence-corrected chi connectivity index (χ3v) is 2.91. The average molecular weight is 367 g/mol. The van der Waals surface area contributed by atoms with Gasteiger partial charge < -0.3 is 4.74 Å². The van der Waals surface area contributed by atoms with Gasteiger partial charge in [0.1, 0.15) is 11.8 Å². The van der Waals surface area contributed by atoms with E-state index in [4.69, 9.17) is 10.00 Å². The molecule has 2 rings (SSSR count). The van der Waals surface area contributed by atoms with Crippen molar-refractivity contribution < 1.29 is 9.66 Å². The molecule has 0 aliphatic rings. The first-order chi connectivity index (χ1) is 9.10. The van der Waals surface area contributed by atoms with Crippen molar-refractivity contribution in [3.63, 3.8) is 0 Å². The quantitative estimate of drug-likeness (QED) is 0.472. The topological polar surface area (TPSA) is 89.0 Å². The fraction of sp³-hybridized carbons (Fsp3) is 0. The van der Waals surface area contributed by atoms with Crippen LogP contribution >= 0.6 is 22.6 Å². The molecular formula is C12H6IN3O3. The molecular weight excluding hydrogens is 361 g/mol. The maximum Gasteiger partial charge on any atom is 0.332 e. The van der Waals surface area contributed by atoms with Gasteiger partial charge in [-0.05, 0) is 46.9 Å². The van der Waals surface area contributed by atoms with Crippen LogP contribution in [-0.4, -0.2) is 9.91 Å². The Morgan fingerprint density at radius 3 is 2.63 bits per heavy atom. The number of rotatable bonds is 3. The van der Waals surface area contributed by atoms with Crippen LogP contribution in [0.2, 0.25) is 0 Å². The first-order valence-corrected chi connectivity index (χ1v) is 6.16. The van der Waals surface area contributed by atoms with E-state index < -0.39 is 4.92 Å². The number of benzene rings is 1. The number of pyridine rings is 1. The number of hydrogen-bond acceptors (Lipinski definition) is 5. The molecule has 0 spiro atoms. The van der Waals surface area contributed by atoms with Gasteiger partial charge in [-0.15, -0.1) is 0 Å². The average Bonchev–Trinajstić information content (AvgIpc) is 2.41. The van der Waals surface area contributed by atoms with Gasteiger partial charge in [-0.25, -0.2) is 4.98 Å². The van der Waals surface area contributed by atoms with Crippen molar-refractivity contribution in [3.05, 3.63) is 55.8 Å². The number of nitriles is 1. The first-order valence-electron chi connectivity index (χ1n) is 5.08. The lowest BCUT2D eigenvalue weighted by Gasteiger charge is -2.05. The van der Waals surface area contributed by atoms with Gasteiger partial charge in [0.2, 0.25) is 0 Å². The highest BCUT2D eigenvalue weighted by Gasteiger charge is 2.18. The molecule has 0 atom stereocenters. The van der Waals surface area contributed by atoms with Crippen LogP contribution in [0.5, 0.6) is 11.6 Å². The second kappa shape index (κ2) is 5.62. The van der Waals surface area contributed by atoms with Gasteiger partial charge in [0.05, 0.1) is 10.5 Å². The molecule has 1 heterocycles. The second-order valence-electron chi connectivity index (χ2n) is 3.47. The highest BCUT2D eigenvalue weighted by Crippen LogP contribution is 2.29. The van der Waals surface area contributed by atoms with Crippen molar-refractivity contribution in [2.45, 2.75) is 0 Å². The lowest BCUT2D eigenvalue weighted by Crippen LogP contribution is -1.97. The van der Waals surface area contributed by atoms with Crippen LogP contribution < -0.4 is 4.74 Å². The summed E-state index contributed by atoms with van der Waals surface area (Å²) in [4.78, 5) is 14.1. The van der Waals surface area contributed by atoms with Gasteiger partial charge in [0, 0.05) is 15.8 Å². The molecule has 0 unspecified atom stereocenters. The maximum atomic E-state index is 10.9. The number of nitrogens with zero attached hydrogens (tertiary/aromatic N) is 3. The number of aromatic nitrogens is 1. The highest BCUT2D eigenvalue weighted by atomic mass is 127. The van der Waals surface area contributed by atoms with Crippen molar-refractivity contribution >= 4 is 28.3 Å². The van der Waals surface area contributed by atoms with E-state index in [2.05, 4.69) is 27.6 Å². The van der Waals surface area contributed by atoms with Gasteiger partial charge >= 0.3 is 5.69 Å². The molecule has 0 aliphatic heterocycles. The van der Waals surface area contributed by atoms with Crippen LogP contribution in [-0.2, 0) is 0 Å². The SMILES string of the molecule is N#Cc1cnc(Oc2ccc(I)cc2)c([N+](=O)[O-])c1. The van der Waals surface area contributed by atoms with Crippen LogP contribution in [0.15, 0.2) is 36.5 Å². The fourth-order valence-electron chi connectivity index (χ4n) is 1.33. The van der Waals surface area contributed by atoms with E-state index in [1.54, 1.807) is 18.2 Å². The lowest BCUT2D eigenvalue weighted by atomic mass is 10.3. The maximum absolute atomic E-state index is 10.9. The highest BCUT2D eigenvalue weighted by molar-refractivity contribution is 14.1. The van der Waals surface area contributed by atoms with Crippen LogP contribution in [0, 0.1) is 25.0 Å². The molecule has 2 aromatic rings. The van der Waals surface area contributed by atoms with Gasteiger partial charge in [0.15, 0.2) is 0 Å². The molecule has 0 saturated carbocycles. The molecule has 1 aromatic heterocycles. The van der Waals surface area contributed by atoms with Gasteiger partial charge in [0.25, 0.3) is 5.88 Å². The summed E-state index contributed by atoms with van der Waals surface area (Å²) in [6.45, 7) is 0.